The number of hydrogen-bond acceptors (Lipinski definition) is 8. The summed E-state index contributed by atoms with van der Waals surface area (Å²) in [5, 5.41) is 11.2. The number of ether oxygens (including phenoxy) is 3. The molecule has 0 atom stereocenters. The lowest BCUT2D eigenvalue weighted by Gasteiger charge is -2.34. The highest BCUT2D eigenvalue weighted by Gasteiger charge is 2.36. The molecule has 0 bridgehead atoms. The fraction of sp³-hybridized carbons (Fsp3) is 0.296. The number of hydrogen-bond donors (Lipinski definition) is 1. The predicted molar refractivity (Wildman–Crippen MR) is 131 cm³/mol. The molecule has 35 heavy (non-hydrogen) atoms. The second kappa shape index (κ2) is 8.01. The van der Waals surface area contributed by atoms with E-state index >= 15 is 0 Å². The zero-order valence-electron chi connectivity index (χ0n) is 20.4. The van der Waals surface area contributed by atoms with Crippen LogP contribution in [0.3, 0.4) is 0 Å². The minimum absolute atomic E-state index is 0.0308. The van der Waals surface area contributed by atoms with Crippen LogP contribution in [0.4, 0.5) is 0 Å². The standard InChI is InChI=1S/C27H26O8/c1-8-26(4,5)19-22-16(11-12-27(6,7)35-22)21(31)18-20(30)15-9-10-17(32-13(2)28)24(33-14(3)29)23(15)34-25(18)19/h8-12,31H,1H2,2-7H3. The van der Waals surface area contributed by atoms with Gasteiger partial charge in [0, 0.05) is 24.8 Å². The van der Waals surface area contributed by atoms with Gasteiger partial charge in [0.2, 0.25) is 11.2 Å². The van der Waals surface area contributed by atoms with Crippen molar-refractivity contribution in [2.24, 2.45) is 0 Å². The van der Waals surface area contributed by atoms with Gasteiger partial charge < -0.3 is 23.7 Å². The van der Waals surface area contributed by atoms with Crippen molar-refractivity contribution < 1.29 is 33.3 Å². The molecular weight excluding hydrogens is 452 g/mol. The third kappa shape index (κ3) is 3.95. The van der Waals surface area contributed by atoms with Crippen molar-refractivity contribution in [2.75, 3.05) is 0 Å². The summed E-state index contributed by atoms with van der Waals surface area (Å²) in [5.41, 5.74) is -1.24. The molecule has 2 heterocycles. The van der Waals surface area contributed by atoms with Crippen LogP contribution in [0.2, 0.25) is 0 Å². The molecule has 0 spiro atoms. The van der Waals surface area contributed by atoms with Crippen LogP contribution in [0.1, 0.15) is 52.7 Å². The van der Waals surface area contributed by atoms with Crippen molar-refractivity contribution in [3.05, 3.63) is 52.2 Å². The smallest absolute Gasteiger partial charge is 0.308 e. The average molecular weight is 478 g/mol. The van der Waals surface area contributed by atoms with Crippen LogP contribution in [0.25, 0.3) is 28.0 Å². The first kappa shape index (κ1) is 24.1. The van der Waals surface area contributed by atoms with Gasteiger partial charge in [0.05, 0.1) is 10.9 Å². The number of benzene rings is 2. The number of phenols is 1. The summed E-state index contributed by atoms with van der Waals surface area (Å²) >= 11 is 0. The average Bonchev–Trinajstić information content (AvgIpc) is 2.74. The Labute approximate surface area is 201 Å². The van der Waals surface area contributed by atoms with Gasteiger partial charge in [0.15, 0.2) is 11.3 Å². The number of esters is 2. The molecule has 1 aliphatic heterocycles. The maximum atomic E-state index is 13.7. The molecule has 0 aliphatic carbocycles. The minimum atomic E-state index is -0.768. The number of carbonyl (C=O) groups is 2. The van der Waals surface area contributed by atoms with E-state index in [-0.39, 0.29) is 39.2 Å². The lowest BCUT2D eigenvalue weighted by Crippen LogP contribution is -2.30. The molecule has 0 saturated carbocycles. The maximum absolute atomic E-state index is 13.7. The van der Waals surface area contributed by atoms with Crippen LogP contribution in [0.5, 0.6) is 23.0 Å². The number of allylic oxidation sites excluding steroid dienone is 1. The van der Waals surface area contributed by atoms with Gasteiger partial charge in [-0.2, -0.15) is 0 Å². The number of carbonyl (C=O) groups excluding carboxylic acids is 2. The first-order chi connectivity index (χ1) is 16.3. The fourth-order valence-electron chi connectivity index (χ4n) is 4.09. The van der Waals surface area contributed by atoms with Gasteiger partial charge in [0.25, 0.3) is 0 Å². The van der Waals surface area contributed by atoms with Crippen molar-refractivity contribution in [2.45, 2.75) is 52.6 Å². The molecule has 4 rings (SSSR count). The van der Waals surface area contributed by atoms with Crippen molar-refractivity contribution in [1.82, 2.24) is 0 Å². The first-order valence-electron chi connectivity index (χ1n) is 11.0. The van der Waals surface area contributed by atoms with E-state index in [1.165, 1.54) is 26.0 Å². The van der Waals surface area contributed by atoms with Crippen LogP contribution < -0.4 is 19.6 Å². The van der Waals surface area contributed by atoms with E-state index in [0.717, 1.165) is 0 Å². The van der Waals surface area contributed by atoms with Gasteiger partial charge in [-0.15, -0.1) is 6.58 Å². The van der Waals surface area contributed by atoms with E-state index in [9.17, 15) is 19.5 Å². The van der Waals surface area contributed by atoms with Gasteiger partial charge >= 0.3 is 11.9 Å². The van der Waals surface area contributed by atoms with Crippen LogP contribution in [-0.4, -0.2) is 22.6 Å². The summed E-state index contributed by atoms with van der Waals surface area (Å²) in [6.45, 7) is 13.8. The van der Waals surface area contributed by atoms with Gasteiger partial charge in [0.1, 0.15) is 28.1 Å². The molecular formula is C27H26O8. The Balaban J connectivity index is 2.26. The molecule has 1 N–H and O–H groups in total. The Kier molecular flexibility index (Phi) is 5.51. The lowest BCUT2D eigenvalue weighted by atomic mass is 9.80. The molecule has 1 aromatic heterocycles. The van der Waals surface area contributed by atoms with E-state index in [0.29, 0.717) is 16.9 Å². The maximum Gasteiger partial charge on any atom is 0.308 e. The molecule has 8 heteroatoms. The lowest BCUT2D eigenvalue weighted by molar-refractivity contribution is -0.134. The van der Waals surface area contributed by atoms with Crippen LogP contribution in [-0.2, 0) is 15.0 Å². The largest absolute Gasteiger partial charge is 0.506 e. The van der Waals surface area contributed by atoms with Crippen LogP contribution in [0.15, 0.2) is 40.1 Å². The molecule has 0 unspecified atom stereocenters. The zero-order chi connectivity index (χ0) is 25.9. The summed E-state index contributed by atoms with van der Waals surface area (Å²) in [7, 11) is 0. The highest BCUT2D eigenvalue weighted by molar-refractivity contribution is 6.02. The number of rotatable bonds is 4. The molecule has 3 aromatic rings. The molecule has 182 valence electrons. The Bertz CT molecular complexity index is 1520. The third-order valence-electron chi connectivity index (χ3n) is 5.84. The molecule has 8 nitrogen and oxygen atoms in total. The number of fused-ring (bicyclic) bond motifs is 3. The number of aromatic hydroxyl groups is 1. The molecule has 0 amide bonds. The predicted octanol–water partition coefficient (Wildman–Crippen LogP) is 5.15. The van der Waals surface area contributed by atoms with Crippen molar-refractivity contribution in [3.63, 3.8) is 0 Å². The minimum Gasteiger partial charge on any atom is -0.506 e. The van der Waals surface area contributed by atoms with E-state index in [2.05, 4.69) is 6.58 Å². The molecule has 0 saturated heterocycles. The molecule has 0 fully saturated rings. The Morgan fingerprint density at radius 1 is 1.11 bits per heavy atom. The zero-order valence-corrected chi connectivity index (χ0v) is 20.4. The van der Waals surface area contributed by atoms with E-state index < -0.39 is 28.4 Å². The van der Waals surface area contributed by atoms with Crippen molar-refractivity contribution >= 4 is 40.0 Å². The van der Waals surface area contributed by atoms with Gasteiger partial charge in [-0.05, 0) is 38.1 Å². The Morgan fingerprint density at radius 2 is 1.77 bits per heavy atom. The fourth-order valence-corrected chi connectivity index (χ4v) is 4.09. The second-order valence-corrected chi connectivity index (χ2v) is 9.52. The van der Waals surface area contributed by atoms with E-state index in [1.807, 2.05) is 27.7 Å². The van der Waals surface area contributed by atoms with E-state index in [1.54, 1.807) is 18.2 Å². The topological polar surface area (TPSA) is 112 Å². The van der Waals surface area contributed by atoms with Gasteiger partial charge in [-0.25, -0.2) is 0 Å². The molecule has 0 radical (unpaired) electrons. The number of phenolic OH excluding ortho intramolecular Hbond substituents is 1. The summed E-state index contributed by atoms with van der Waals surface area (Å²) in [6.07, 6.45) is 5.19. The molecule has 1 aliphatic rings. The second-order valence-electron chi connectivity index (χ2n) is 9.52. The normalized spacial score (nSPS) is 14.3. The van der Waals surface area contributed by atoms with Gasteiger partial charge in [-0.3, -0.25) is 14.4 Å². The summed E-state index contributed by atoms with van der Waals surface area (Å²) in [4.78, 5) is 37.2. The highest BCUT2D eigenvalue weighted by atomic mass is 16.6. The Morgan fingerprint density at radius 3 is 2.37 bits per heavy atom. The third-order valence-corrected chi connectivity index (χ3v) is 5.84. The Hall–Kier alpha value is -4.07. The van der Waals surface area contributed by atoms with Crippen LogP contribution >= 0.6 is 0 Å². The first-order valence-corrected chi connectivity index (χ1v) is 11.0. The van der Waals surface area contributed by atoms with Crippen LogP contribution in [0, 0.1) is 0 Å². The molecule has 2 aromatic carbocycles. The summed E-state index contributed by atoms with van der Waals surface area (Å²) in [6, 6.07) is 2.72. The highest BCUT2D eigenvalue weighted by Crippen LogP contribution is 2.50. The SMILES string of the molecule is C=CC(C)(C)c1c2c(c(O)c3c(=O)c4ccc(OC(C)=O)c(OC(C)=O)c4oc13)C=CC(C)(C)O2. The van der Waals surface area contributed by atoms with Gasteiger partial charge in [-0.1, -0.05) is 19.9 Å². The summed E-state index contributed by atoms with van der Waals surface area (Å²) < 4.78 is 23.0. The monoisotopic (exact) mass is 478 g/mol. The van der Waals surface area contributed by atoms with Crippen molar-refractivity contribution in [3.8, 4) is 23.0 Å². The van der Waals surface area contributed by atoms with Crippen molar-refractivity contribution in [1.29, 1.82) is 0 Å². The van der Waals surface area contributed by atoms with E-state index in [4.69, 9.17) is 18.6 Å². The quantitative estimate of drug-likeness (QED) is 0.237. The summed E-state index contributed by atoms with van der Waals surface area (Å²) in [5.74, 6) is -1.61.